The van der Waals surface area contributed by atoms with Gasteiger partial charge in [-0.25, -0.2) is 4.79 Å². The Labute approximate surface area is 148 Å². The molecule has 0 heterocycles. The lowest BCUT2D eigenvalue weighted by molar-refractivity contribution is -0.384. The summed E-state index contributed by atoms with van der Waals surface area (Å²) >= 11 is 5.70. The van der Waals surface area contributed by atoms with Crippen molar-refractivity contribution in [1.82, 2.24) is 0 Å². The molecule has 0 aliphatic rings. The van der Waals surface area contributed by atoms with E-state index in [2.05, 4.69) is 5.32 Å². The van der Waals surface area contributed by atoms with Crippen LogP contribution in [0.2, 0.25) is 5.02 Å². The lowest BCUT2D eigenvalue weighted by Crippen LogP contribution is -2.30. The number of halogens is 1. The third-order valence-corrected chi connectivity index (χ3v) is 3.75. The molecule has 8 heteroatoms. The number of hydrogen-bond acceptors (Lipinski definition) is 5. The first-order valence-corrected chi connectivity index (χ1v) is 7.69. The maximum Gasteiger partial charge on any atom is 0.339 e. The van der Waals surface area contributed by atoms with Crippen molar-refractivity contribution in [3.05, 3.63) is 68.7 Å². The number of rotatable bonds is 5. The highest BCUT2D eigenvalue weighted by atomic mass is 35.5. The van der Waals surface area contributed by atoms with Gasteiger partial charge in [-0.05, 0) is 37.6 Å². The minimum absolute atomic E-state index is 0.0633. The van der Waals surface area contributed by atoms with Gasteiger partial charge in [0.2, 0.25) is 0 Å². The third-order valence-electron chi connectivity index (χ3n) is 3.43. The second-order valence-electron chi connectivity index (χ2n) is 5.28. The summed E-state index contributed by atoms with van der Waals surface area (Å²) in [5.41, 5.74) is 1.00. The minimum atomic E-state index is -1.08. The molecule has 1 amide bonds. The SMILES string of the molecule is Cc1ccccc1NC(=O)[C@@H](C)OC(=O)c1ccc(Cl)c([N+](=O)[O-])c1. The molecule has 0 aliphatic heterocycles. The van der Waals surface area contributed by atoms with Crippen LogP contribution in [0.4, 0.5) is 11.4 Å². The number of para-hydroxylation sites is 1. The molecule has 0 aliphatic carbocycles. The van der Waals surface area contributed by atoms with Gasteiger partial charge in [-0.3, -0.25) is 14.9 Å². The molecule has 1 N–H and O–H groups in total. The van der Waals surface area contributed by atoms with Crippen LogP contribution in [0.3, 0.4) is 0 Å². The molecule has 2 rings (SSSR count). The van der Waals surface area contributed by atoms with Crippen LogP contribution in [0.5, 0.6) is 0 Å². The number of carbonyl (C=O) groups is 2. The standard InChI is InChI=1S/C17H15ClN2O5/c1-10-5-3-4-6-14(10)19-16(21)11(2)25-17(22)12-7-8-13(18)15(9-12)20(23)24/h3-9,11H,1-2H3,(H,19,21)/t11-/m1/s1. The summed E-state index contributed by atoms with van der Waals surface area (Å²) in [4.78, 5) is 34.4. The van der Waals surface area contributed by atoms with Crippen molar-refractivity contribution >= 4 is 34.9 Å². The van der Waals surface area contributed by atoms with E-state index in [1.165, 1.54) is 19.1 Å². The smallest absolute Gasteiger partial charge is 0.339 e. The lowest BCUT2D eigenvalue weighted by atomic mass is 10.2. The fourth-order valence-corrected chi connectivity index (χ4v) is 2.20. The van der Waals surface area contributed by atoms with Crippen LogP contribution in [0.25, 0.3) is 0 Å². The molecule has 0 bridgehead atoms. The molecule has 0 aromatic heterocycles. The van der Waals surface area contributed by atoms with Crippen molar-refractivity contribution in [2.45, 2.75) is 20.0 Å². The topological polar surface area (TPSA) is 98.5 Å². The molecule has 1 atom stereocenters. The van der Waals surface area contributed by atoms with Gasteiger partial charge in [0.15, 0.2) is 6.10 Å². The highest BCUT2D eigenvalue weighted by Crippen LogP contribution is 2.25. The van der Waals surface area contributed by atoms with E-state index in [1.54, 1.807) is 12.1 Å². The molecule has 0 spiro atoms. The molecule has 130 valence electrons. The average Bonchev–Trinajstić information content (AvgIpc) is 2.56. The Balaban J connectivity index is 2.07. The number of hydrogen-bond donors (Lipinski definition) is 1. The molecule has 7 nitrogen and oxygen atoms in total. The second kappa shape index (κ2) is 7.76. The number of esters is 1. The first-order chi connectivity index (χ1) is 11.8. The number of nitrogens with one attached hydrogen (secondary N) is 1. The molecule has 0 saturated carbocycles. The van der Waals surface area contributed by atoms with E-state index in [-0.39, 0.29) is 10.6 Å². The fraction of sp³-hybridized carbons (Fsp3) is 0.176. The van der Waals surface area contributed by atoms with Crippen LogP contribution in [-0.2, 0) is 9.53 Å². The van der Waals surface area contributed by atoms with Crippen LogP contribution >= 0.6 is 11.6 Å². The number of ether oxygens (including phenoxy) is 1. The summed E-state index contributed by atoms with van der Waals surface area (Å²) in [6, 6.07) is 10.7. The van der Waals surface area contributed by atoms with Crippen LogP contribution < -0.4 is 5.32 Å². The Morgan fingerprint density at radius 2 is 1.92 bits per heavy atom. The summed E-state index contributed by atoms with van der Waals surface area (Å²) in [6.07, 6.45) is -1.08. The monoisotopic (exact) mass is 362 g/mol. The number of anilines is 1. The van der Waals surface area contributed by atoms with Gasteiger partial charge in [-0.1, -0.05) is 29.8 Å². The predicted molar refractivity (Wildman–Crippen MR) is 92.8 cm³/mol. The van der Waals surface area contributed by atoms with Crippen LogP contribution in [0.15, 0.2) is 42.5 Å². The lowest BCUT2D eigenvalue weighted by Gasteiger charge is -2.14. The van der Waals surface area contributed by atoms with Crippen molar-refractivity contribution in [1.29, 1.82) is 0 Å². The zero-order chi connectivity index (χ0) is 18.6. The van der Waals surface area contributed by atoms with Gasteiger partial charge in [-0.15, -0.1) is 0 Å². The number of nitrogens with zero attached hydrogens (tertiary/aromatic N) is 1. The molecule has 0 fully saturated rings. The van der Waals surface area contributed by atoms with E-state index in [0.29, 0.717) is 5.69 Å². The summed E-state index contributed by atoms with van der Waals surface area (Å²) in [7, 11) is 0. The first kappa shape index (κ1) is 18.4. The third kappa shape index (κ3) is 4.54. The highest BCUT2D eigenvalue weighted by Gasteiger charge is 2.22. The van der Waals surface area contributed by atoms with E-state index in [0.717, 1.165) is 11.6 Å². The number of aryl methyl sites for hydroxylation is 1. The molecule has 0 saturated heterocycles. The fourth-order valence-electron chi connectivity index (χ4n) is 2.01. The molecule has 0 radical (unpaired) electrons. The summed E-state index contributed by atoms with van der Waals surface area (Å²) in [5.74, 6) is -1.36. The summed E-state index contributed by atoms with van der Waals surface area (Å²) < 4.78 is 5.07. The number of nitro benzene ring substituents is 1. The first-order valence-electron chi connectivity index (χ1n) is 7.31. The van der Waals surface area contributed by atoms with E-state index in [1.807, 2.05) is 19.1 Å². The highest BCUT2D eigenvalue weighted by molar-refractivity contribution is 6.32. The number of benzene rings is 2. The maximum absolute atomic E-state index is 12.1. The van der Waals surface area contributed by atoms with E-state index in [9.17, 15) is 19.7 Å². The Hall–Kier alpha value is -2.93. The molecule has 2 aromatic rings. The van der Waals surface area contributed by atoms with Crippen molar-refractivity contribution in [3.63, 3.8) is 0 Å². The van der Waals surface area contributed by atoms with E-state index in [4.69, 9.17) is 16.3 Å². The summed E-state index contributed by atoms with van der Waals surface area (Å²) in [5, 5.41) is 13.4. The van der Waals surface area contributed by atoms with Gasteiger partial charge in [0.25, 0.3) is 11.6 Å². The molecular formula is C17H15ClN2O5. The number of carbonyl (C=O) groups excluding carboxylic acids is 2. The Morgan fingerprint density at radius 1 is 1.24 bits per heavy atom. The van der Waals surface area contributed by atoms with Crippen molar-refractivity contribution in [2.75, 3.05) is 5.32 Å². The number of nitro groups is 1. The van der Waals surface area contributed by atoms with Gasteiger partial charge >= 0.3 is 5.97 Å². The second-order valence-corrected chi connectivity index (χ2v) is 5.68. The zero-order valence-corrected chi connectivity index (χ0v) is 14.2. The van der Waals surface area contributed by atoms with Gasteiger partial charge in [0.1, 0.15) is 5.02 Å². The Bertz CT molecular complexity index is 838. The van der Waals surface area contributed by atoms with E-state index < -0.39 is 28.6 Å². The normalized spacial score (nSPS) is 11.5. The van der Waals surface area contributed by atoms with E-state index >= 15 is 0 Å². The summed E-state index contributed by atoms with van der Waals surface area (Å²) in [6.45, 7) is 3.25. The zero-order valence-electron chi connectivity index (χ0n) is 13.5. The van der Waals surface area contributed by atoms with Crippen LogP contribution in [-0.4, -0.2) is 22.9 Å². The maximum atomic E-state index is 12.1. The largest absolute Gasteiger partial charge is 0.449 e. The Kier molecular flexibility index (Phi) is 5.71. The molecule has 0 unspecified atom stereocenters. The van der Waals surface area contributed by atoms with Gasteiger partial charge < -0.3 is 10.1 Å². The Morgan fingerprint density at radius 3 is 2.56 bits per heavy atom. The van der Waals surface area contributed by atoms with Gasteiger partial charge in [0.05, 0.1) is 10.5 Å². The minimum Gasteiger partial charge on any atom is -0.449 e. The predicted octanol–water partition coefficient (Wildman–Crippen LogP) is 3.74. The van der Waals surface area contributed by atoms with Crippen LogP contribution in [0.1, 0.15) is 22.8 Å². The van der Waals surface area contributed by atoms with Crippen molar-refractivity contribution in [3.8, 4) is 0 Å². The van der Waals surface area contributed by atoms with Crippen molar-refractivity contribution in [2.24, 2.45) is 0 Å². The molecule has 2 aromatic carbocycles. The molecular weight excluding hydrogens is 348 g/mol. The van der Waals surface area contributed by atoms with Crippen LogP contribution in [0, 0.1) is 17.0 Å². The quantitative estimate of drug-likeness (QED) is 0.496. The van der Waals surface area contributed by atoms with Gasteiger partial charge in [-0.2, -0.15) is 0 Å². The van der Waals surface area contributed by atoms with Gasteiger partial charge in [0, 0.05) is 11.8 Å². The molecule has 25 heavy (non-hydrogen) atoms. The average molecular weight is 363 g/mol. The number of amides is 1. The van der Waals surface area contributed by atoms with Crippen molar-refractivity contribution < 1.29 is 19.2 Å².